The van der Waals surface area contributed by atoms with Crippen molar-refractivity contribution in [3.8, 4) is 11.1 Å². The van der Waals surface area contributed by atoms with E-state index in [2.05, 4.69) is 5.32 Å². The summed E-state index contributed by atoms with van der Waals surface area (Å²) in [4.78, 5) is 23.3. The SMILES string of the molecule is O=C(NCCOC1OC(C(=O)O)[C@@H](O)[C@H](O)C1O)OCC1c2ccccc2-c2ccccc21. The molecule has 0 saturated carbocycles. The first-order valence-corrected chi connectivity index (χ1v) is 10.5. The normalized spacial score (nSPS) is 26.3. The number of alkyl carbamates (subject to hydrolysis) is 1. The standard InChI is InChI=1S/C23H25NO9/c25-17-18(26)20(21(28)29)33-22(19(17)27)31-10-9-24-23(30)32-11-16-14-7-3-1-5-12(14)13-6-2-4-8-15(13)16/h1-8,16-20,22,25-27H,9-11H2,(H,24,30)(H,28,29)/t17-,18-,19?,20?,22?/m0/s1. The van der Waals surface area contributed by atoms with Crippen LogP contribution in [0.15, 0.2) is 48.5 Å². The maximum absolute atomic E-state index is 12.2. The molecule has 33 heavy (non-hydrogen) atoms. The lowest BCUT2D eigenvalue weighted by atomic mass is 9.98. The van der Waals surface area contributed by atoms with Gasteiger partial charge in [0.05, 0.1) is 6.61 Å². The van der Waals surface area contributed by atoms with Crippen LogP contribution >= 0.6 is 0 Å². The topological polar surface area (TPSA) is 155 Å². The van der Waals surface area contributed by atoms with Crippen LogP contribution < -0.4 is 5.32 Å². The van der Waals surface area contributed by atoms with Crippen LogP contribution in [0.3, 0.4) is 0 Å². The van der Waals surface area contributed by atoms with Crippen LogP contribution in [0.4, 0.5) is 4.79 Å². The van der Waals surface area contributed by atoms with E-state index in [1.54, 1.807) is 0 Å². The van der Waals surface area contributed by atoms with Crippen molar-refractivity contribution in [3.63, 3.8) is 0 Å². The minimum absolute atomic E-state index is 0.0142. The van der Waals surface area contributed by atoms with Gasteiger partial charge in [0.2, 0.25) is 0 Å². The molecule has 0 aromatic heterocycles. The molecule has 1 fully saturated rings. The van der Waals surface area contributed by atoms with Crippen LogP contribution in [0, 0.1) is 0 Å². The van der Waals surface area contributed by atoms with Gasteiger partial charge in [0.15, 0.2) is 12.4 Å². The predicted octanol–water partition coefficient (Wildman–Crippen LogP) is 0.434. The second-order valence-electron chi connectivity index (χ2n) is 7.86. The molecular weight excluding hydrogens is 434 g/mol. The van der Waals surface area contributed by atoms with Crippen molar-refractivity contribution in [2.45, 2.75) is 36.6 Å². The average molecular weight is 459 g/mol. The number of carboxylic acids is 1. The summed E-state index contributed by atoms with van der Waals surface area (Å²) in [5, 5.41) is 40.9. The Bertz CT molecular complexity index is 967. The van der Waals surface area contributed by atoms with Gasteiger partial charge < -0.3 is 40.0 Å². The van der Waals surface area contributed by atoms with E-state index in [1.807, 2.05) is 48.5 Å². The number of nitrogens with one attached hydrogen (secondary N) is 1. The van der Waals surface area contributed by atoms with E-state index in [4.69, 9.17) is 19.3 Å². The van der Waals surface area contributed by atoms with Crippen molar-refractivity contribution >= 4 is 12.1 Å². The zero-order valence-electron chi connectivity index (χ0n) is 17.5. The van der Waals surface area contributed by atoms with Crippen molar-refractivity contribution in [1.29, 1.82) is 0 Å². The van der Waals surface area contributed by atoms with Gasteiger partial charge in [-0.05, 0) is 22.3 Å². The van der Waals surface area contributed by atoms with E-state index < -0.39 is 42.8 Å². The third kappa shape index (κ3) is 4.70. The molecule has 176 valence electrons. The number of carbonyl (C=O) groups excluding carboxylic acids is 1. The Kier molecular flexibility index (Phi) is 6.91. The Morgan fingerprint density at radius 2 is 1.52 bits per heavy atom. The Morgan fingerprint density at radius 3 is 2.12 bits per heavy atom. The molecule has 2 aromatic carbocycles. The van der Waals surface area contributed by atoms with Crippen molar-refractivity contribution in [2.24, 2.45) is 0 Å². The number of fused-ring (bicyclic) bond motifs is 3. The summed E-state index contributed by atoms with van der Waals surface area (Å²) < 4.78 is 15.6. The average Bonchev–Trinajstić information content (AvgIpc) is 3.13. The molecule has 1 aliphatic carbocycles. The lowest BCUT2D eigenvalue weighted by Crippen LogP contribution is -2.60. The molecule has 1 amide bonds. The fourth-order valence-electron chi connectivity index (χ4n) is 4.17. The number of benzene rings is 2. The number of carboxylic acid groups (broad SMARTS) is 1. The van der Waals surface area contributed by atoms with Crippen molar-refractivity contribution < 1.29 is 44.2 Å². The molecule has 2 aliphatic rings. The van der Waals surface area contributed by atoms with Gasteiger partial charge in [-0.3, -0.25) is 0 Å². The van der Waals surface area contributed by atoms with Gasteiger partial charge in [0.1, 0.15) is 24.9 Å². The highest BCUT2D eigenvalue weighted by Gasteiger charge is 2.47. The molecule has 3 unspecified atom stereocenters. The minimum Gasteiger partial charge on any atom is -0.479 e. The van der Waals surface area contributed by atoms with Crippen LogP contribution in [0.25, 0.3) is 11.1 Å². The van der Waals surface area contributed by atoms with Crippen LogP contribution in [-0.2, 0) is 19.0 Å². The molecule has 0 bridgehead atoms. The third-order valence-corrected chi connectivity index (χ3v) is 5.81. The highest BCUT2D eigenvalue weighted by atomic mass is 16.7. The Morgan fingerprint density at radius 1 is 0.909 bits per heavy atom. The van der Waals surface area contributed by atoms with Crippen LogP contribution in [0.2, 0.25) is 0 Å². The fourth-order valence-corrected chi connectivity index (χ4v) is 4.17. The highest BCUT2D eigenvalue weighted by molar-refractivity contribution is 5.79. The largest absolute Gasteiger partial charge is 0.479 e. The highest BCUT2D eigenvalue weighted by Crippen LogP contribution is 2.44. The van der Waals surface area contributed by atoms with E-state index in [0.29, 0.717) is 0 Å². The smallest absolute Gasteiger partial charge is 0.407 e. The lowest BCUT2D eigenvalue weighted by molar-refractivity contribution is -0.293. The molecule has 0 spiro atoms. The van der Waals surface area contributed by atoms with Crippen molar-refractivity contribution in [2.75, 3.05) is 19.8 Å². The Balaban J connectivity index is 1.25. The number of aliphatic hydroxyl groups is 3. The summed E-state index contributed by atoms with van der Waals surface area (Å²) in [5.74, 6) is -1.58. The summed E-state index contributed by atoms with van der Waals surface area (Å²) >= 11 is 0. The number of aliphatic carboxylic acids is 1. The van der Waals surface area contributed by atoms with Crippen LogP contribution in [0.1, 0.15) is 17.0 Å². The van der Waals surface area contributed by atoms with Gasteiger partial charge in [0, 0.05) is 12.5 Å². The molecule has 10 heteroatoms. The summed E-state index contributed by atoms with van der Waals surface area (Å²) in [5.41, 5.74) is 4.42. The maximum atomic E-state index is 12.2. The zero-order chi connectivity index (χ0) is 23.5. The Hall–Kier alpha value is -3.02. The maximum Gasteiger partial charge on any atom is 0.407 e. The van der Waals surface area contributed by atoms with Crippen molar-refractivity contribution in [1.82, 2.24) is 5.32 Å². The lowest BCUT2D eigenvalue weighted by Gasteiger charge is -2.38. The first-order valence-electron chi connectivity index (χ1n) is 10.5. The van der Waals surface area contributed by atoms with Gasteiger partial charge in [-0.1, -0.05) is 48.5 Å². The minimum atomic E-state index is -1.80. The summed E-state index contributed by atoms with van der Waals surface area (Å²) in [7, 11) is 0. The number of aliphatic hydroxyl groups excluding tert-OH is 3. The van der Waals surface area contributed by atoms with Crippen LogP contribution in [0.5, 0.6) is 0 Å². The molecule has 5 atom stereocenters. The molecule has 10 nitrogen and oxygen atoms in total. The first kappa shape index (κ1) is 23.1. The molecule has 2 aromatic rings. The summed E-state index contributed by atoms with van der Waals surface area (Å²) in [6.07, 6.45) is -9.08. The molecule has 5 N–H and O–H groups in total. The second kappa shape index (κ2) is 9.86. The van der Waals surface area contributed by atoms with Gasteiger partial charge >= 0.3 is 12.1 Å². The molecule has 1 heterocycles. The van der Waals surface area contributed by atoms with E-state index in [-0.39, 0.29) is 25.7 Å². The predicted molar refractivity (Wildman–Crippen MR) is 113 cm³/mol. The van der Waals surface area contributed by atoms with E-state index in [9.17, 15) is 24.9 Å². The second-order valence-corrected chi connectivity index (χ2v) is 7.86. The first-order chi connectivity index (χ1) is 15.9. The number of hydrogen-bond acceptors (Lipinski definition) is 8. The number of carbonyl (C=O) groups is 2. The van der Waals surface area contributed by atoms with Crippen molar-refractivity contribution in [3.05, 3.63) is 59.7 Å². The van der Waals surface area contributed by atoms with Gasteiger partial charge in [0.25, 0.3) is 0 Å². The Labute approximate surface area is 189 Å². The molecule has 0 radical (unpaired) electrons. The quantitative estimate of drug-likeness (QED) is 0.371. The zero-order valence-corrected chi connectivity index (χ0v) is 17.5. The van der Waals surface area contributed by atoms with E-state index in [0.717, 1.165) is 22.3 Å². The summed E-state index contributed by atoms with van der Waals surface area (Å²) in [6, 6.07) is 15.9. The van der Waals surface area contributed by atoms with Gasteiger partial charge in [-0.15, -0.1) is 0 Å². The molecule has 1 aliphatic heterocycles. The third-order valence-electron chi connectivity index (χ3n) is 5.81. The van der Waals surface area contributed by atoms with Crippen LogP contribution in [-0.4, -0.2) is 83.0 Å². The number of ether oxygens (including phenoxy) is 3. The van der Waals surface area contributed by atoms with E-state index >= 15 is 0 Å². The van der Waals surface area contributed by atoms with Gasteiger partial charge in [-0.2, -0.15) is 0 Å². The molecule has 4 rings (SSSR count). The monoisotopic (exact) mass is 459 g/mol. The van der Waals surface area contributed by atoms with E-state index in [1.165, 1.54) is 0 Å². The fraction of sp³-hybridized carbons (Fsp3) is 0.391. The number of rotatable bonds is 7. The number of amides is 1. The van der Waals surface area contributed by atoms with Gasteiger partial charge in [-0.25, -0.2) is 9.59 Å². The molecule has 1 saturated heterocycles. The number of hydrogen-bond donors (Lipinski definition) is 5. The summed E-state index contributed by atoms with van der Waals surface area (Å²) in [6.45, 7) is -0.0176. The molecular formula is C23H25NO9.